The van der Waals surface area contributed by atoms with Crippen LogP contribution in [0.15, 0.2) is 4.52 Å². The van der Waals surface area contributed by atoms with E-state index in [-0.39, 0.29) is 0 Å². The Balaban J connectivity index is 1.87. The van der Waals surface area contributed by atoms with Crippen LogP contribution in [0.2, 0.25) is 0 Å². The van der Waals surface area contributed by atoms with Crippen molar-refractivity contribution in [3.05, 3.63) is 11.7 Å². The highest BCUT2D eigenvalue weighted by Gasteiger charge is 2.27. The van der Waals surface area contributed by atoms with Gasteiger partial charge in [0.25, 0.3) is 0 Å². The van der Waals surface area contributed by atoms with Gasteiger partial charge >= 0.3 is 0 Å². The van der Waals surface area contributed by atoms with Crippen LogP contribution in [0, 0.1) is 6.92 Å². The molecule has 0 bridgehead atoms. The van der Waals surface area contributed by atoms with Gasteiger partial charge in [0.15, 0.2) is 5.82 Å². The van der Waals surface area contributed by atoms with Crippen molar-refractivity contribution in [3.8, 4) is 0 Å². The highest BCUT2D eigenvalue weighted by molar-refractivity contribution is 4.86. The van der Waals surface area contributed by atoms with Gasteiger partial charge < -0.3 is 9.63 Å². The molecule has 1 aromatic rings. The van der Waals surface area contributed by atoms with E-state index < -0.39 is 5.60 Å². The van der Waals surface area contributed by atoms with Gasteiger partial charge in [0.2, 0.25) is 5.89 Å². The van der Waals surface area contributed by atoms with Crippen LogP contribution in [0.3, 0.4) is 0 Å². The van der Waals surface area contributed by atoms with Crippen molar-refractivity contribution in [1.29, 1.82) is 0 Å². The fraction of sp³-hybridized carbons (Fsp3) is 0.800. The van der Waals surface area contributed by atoms with Gasteiger partial charge in [-0.2, -0.15) is 4.98 Å². The Kier molecular flexibility index (Phi) is 2.75. The summed E-state index contributed by atoms with van der Waals surface area (Å²) in [4.78, 5) is 6.39. The molecule has 15 heavy (non-hydrogen) atoms. The summed E-state index contributed by atoms with van der Waals surface area (Å²) in [5, 5.41) is 13.5. The second kappa shape index (κ2) is 3.90. The van der Waals surface area contributed by atoms with Crippen LogP contribution in [-0.4, -0.2) is 38.8 Å². The van der Waals surface area contributed by atoms with E-state index in [9.17, 15) is 5.11 Å². The van der Waals surface area contributed by atoms with E-state index in [4.69, 9.17) is 4.52 Å². The molecule has 0 spiro atoms. The molecule has 2 rings (SSSR count). The van der Waals surface area contributed by atoms with E-state index in [1.807, 2.05) is 13.8 Å². The predicted molar refractivity (Wildman–Crippen MR) is 54.2 cm³/mol. The molecule has 1 aliphatic heterocycles. The molecule has 84 valence electrons. The topological polar surface area (TPSA) is 62.4 Å². The zero-order chi connectivity index (χ0) is 10.9. The molecule has 2 heterocycles. The lowest BCUT2D eigenvalue weighted by molar-refractivity contribution is -0.00944. The average molecular weight is 211 g/mol. The van der Waals surface area contributed by atoms with Gasteiger partial charge in [-0.25, -0.2) is 0 Å². The third-order valence-electron chi connectivity index (χ3n) is 2.86. The standard InChI is InChI=1S/C10H17N3O2/c1-8-11-9(15-12-8)7-13-5-3-10(2,14)4-6-13/h14H,3-7H2,1-2H3. The van der Waals surface area contributed by atoms with Gasteiger partial charge in [0, 0.05) is 13.1 Å². The van der Waals surface area contributed by atoms with E-state index in [0.29, 0.717) is 18.3 Å². The molecule has 0 atom stereocenters. The van der Waals surface area contributed by atoms with Crippen molar-refractivity contribution >= 4 is 0 Å². The quantitative estimate of drug-likeness (QED) is 0.781. The normalized spacial score (nSPS) is 21.8. The summed E-state index contributed by atoms with van der Waals surface area (Å²) in [5.74, 6) is 1.34. The van der Waals surface area contributed by atoms with Gasteiger partial charge in [-0.05, 0) is 26.7 Å². The molecule has 1 fully saturated rings. The Morgan fingerprint density at radius 1 is 1.47 bits per heavy atom. The summed E-state index contributed by atoms with van der Waals surface area (Å²) in [6.07, 6.45) is 1.61. The molecular formula is C10H17N3O2. The zero-order valence-corrected chi connectivity index (χ0v) is 9.23. The molecule has 0 saturated carbocycles. The highest BCUT2D eigenvalue weighted by atomic mass is 16.5. The summed E-state index contributed by atoms with van der Waals surface area (Å²) >= 11 is 0. The lowest BCUT2D eigenvalue weighted by Crippen LogP contribution is -2.42. The molecular weight excluding hydrogens is 194 g/mol. The van der Waals surface area contributed by atoms with Crippen LogP contribution in [0.4, 0.5) is 0 Å². The molecule has 0 amide bonds. The van der Waals surface area contributed by atoms with Gasteiger partial charge in [0.1, 0.15) is 0 Å². The summed E-state index contributed by atoms with van der Waals surface area (Å²) in [6.45, 7) is 6.16. The molecule has 0 aromatic carbocycles. The van der Waals surface area contributed by atoms with Gasteiger partial charge in [-0.15, -0.1) is 0 Å². The van der Waals surface area contributed by atoms with Crippen molar-refractivity contribution in [3.63, 3.8) is 0 Å². The number of rotatable bonds is 2. The van der Waals surface area contributed by atoms with Gasteiger partial charge in [-0.3, -0.25) is 4.90 Å². The van der Waals surface area contributed by atoms with Crippen molar-refractivity contribution in [1.82, 2.24) is 15.0 Å². The van der Waals surface area contributed by atoms with Crippen LogP contribution in [-0.2, 0) is 6.54 Å². The van der Waals surface area contributed by atoms with Crippen LogP contribution in [0.1, 0.15) is 31.5 Å². The Bertz CT molecular complexity index is 325. The van der Waals surface area contributed by atoms with Gasteiger partial charge in [0.05, 0.1) is 12.1 Å². The number of likely N-dealkylation sites (tertiary alicyclic amines) is 1. The van der Waals surface area contributed by atoms with Crippen molar-refractivity contribution in [2.45, 2.75) is 38.8 Å². The van der Waals surface area contributed by atoms with Crippen LogP contribution < -0.4 is 0 Å². The summed E-state index contributed by atoms with van der Waals surface area (Å²) < 4.78 is 5.05. The molecule has 1 aliphatic rings. The van der Waals surface area contributed by atoms with Crippen LogP contribution in [0.5, 0.6) is 0 Å². The molecule has 0 radical (unpaired) electrons. The average Bonchev–Trinajstić information content (AvgIpc) is 2.55. The number of piperidine rings is 1. The minimum atomic E-state index is -0.499. The van der Waals surface area contributed by atoms with E-state index in [1.165, 1.54) is 0 Å². The highest BCUT2D eigenvalue weighted by Crippen LogP contribution is 2.21. The summed E-state index contributed by atoms with van der Waals surface area (Å²) in [5.41, 5.74) is -0.499. The first kappa shape index (κ1) is 10.6. The second-order valence-electron chi connectivity index (χ2n) is 4.51. The molecule has 0 unspecified atom stereocenters. The van der Waals surface area contributed by atoms with E-state index in [0.717, 1.165) is 25.9 Å². The Hall–Kier alpha value is -0.940. The number of hydrogen-bond acceptors (Lipinski definition) is 5. The maximum atomic E-state index is 9.78. The fourth-order valence-corrected chi connectivity index (χ4v) is 1.79. The number of aliphatic hydroxyl groups is 1. The SMILES string of the molecule is Cc1noc(CN2CCC(C)(O)CC2)n1. The molecule has 5 heteroatoms. The second-order valence-corrected chi connectivity index (χ2v) is 4.51. The number of nitrogens with zero attached hydrogens (tertiary/aromatic N) is 3. The Morgan fingerprint density at radius 3 is 2.67 bits per heavy atom. The lowest BCUT2D eigenvalue weighted by atomic mass is 9.94. The number of aryl methyl sites for hydroxylation is 1. The first-order valence-electron chi connectivity index (χ1n) is 5.29. The largest absolute Gasteiger partial charge is 0.390 e. The molecule has 1 N–H and O–H groups in total. The minimum Gasteiger partial charge on any atom is -0.390 e. The van der Waals surface area contributed by atoms with Crippen molar-refractivity contribution in [2.75, 3.05) is 13.1 Å². The zero-order valence-electron chi connectivity index (χ0n) is 9.23. The Morgan fingerprint density at radius 2 is 2.13 bits per heavy atom. The molecule has 1 saturated heterocycles. The maximum absolute atomic E-state index is 9.78. The first-order valence-corrected chi connectivity index (χ1v) is 5.29. The smallest absolute Gasteiger partial charge is 0.240 e. The van der Waals surface area contributed by atoms with Gasteiger partial charge in [-0.1, -0.05) is 5.16 Å². The Labute approximate surface area is 89.1 Å². The molecule has 5 nitrogen and oxygen atoms in total. The van der Waals surface area contributed by atoms with Crippen molar-refractivity contribution in [2.24, 2.45) is 0 Å². The van der Waals surface area contributed by atoms with Crippen molar-refractivity contribution < 1.29 is 9.63 Å². The van der Waals surface area contributed by atoms with Crippen LogP contribution >= 0.6 is 0 Å². The van der Waals surface area contributed by atoms with E-state index in [2.05, 4.69) is 15.0 Å². The predicted octanol–water partition coefficient (Wildman–Crippen LogP) is 0.725. The molecule has 1 aromatic heterocycles. The van der Waals surface area contributed by atoms with Crippen LogP contribution in [0.25, 0.3) is 0 Å². The number of hydrogen-bond donors (Lipinski definition) is 1. The maximum Gasteiger partial charge on any atom is 0.240 e. The third-order valence-corrected chi connectivity index (χ3v) is 2.86. The number of aromatic nitrogens is 2. The molecule has 0 aliphatic carbocycles. The summed E-state index contributed by atoms with van der Waals surface area (Å²) in [6, 6.07) is 0. The fourth-order valence-electron chi connectivity index (χ4n) is 1.79. The monoisotopic (exact) mass is 211 g/mol. The first-order chi connectivity index (χ1) is 7.05. The lowest BCUT2D eigenvalue weighted by Gasteiger charge is -2.34. The van der Waals surface area contributed by atoms with E-state index >= 15 is 0 Å². The third kappa shape index (κ3) is 2.76. The minimum absolute atomic E-state index is 0.499. The van der Waals surface area contributed by atoms with E-state index in [1.54, 1.807) is 0 Å². The summed E-state index contributed by atoms with van der Waals surface area (Å²) in [7, 11) is 0.